The fourth-order valence-electron chi connectivity index (χ4n) is 2.51. The highest BCUT2D eigenvalue weighted by atomic mass is 16.5. The first-order valence-corrected chi connectivity index (χ1v) is 7.64. The fourth-order valence-corrected chi connectivity index (χ4v) is 2.51. The van der Waals surface area contributed by atoms with Crippen molar-refractivity contribution < 1.29 is 4.74 Å². The number of ether oxygens (including phenoxy) is 1. The molecule has 1 atom stereocenters. The number of aromatic nitrogens is 2. The SMILES string of the molecule is CCOCc1ncc2c(n1)CCC(CNC(C)(C)C)C2. The van der Waals surface area contributed by atoms with Crippen molar-refractivity contribution in [3.63, 3.8) is 0 Å². The van der Waals surface area contributed by atoms with Gasteiger partial charge in [-0.05, 0) is 65.0 Å². The van der Waals surface area contributed by atoms with Crippen molar-refractivity contribution in [2.24, 2.45) is 5.92 Å². The van der Waals surface area contributed by atoms with E-state index >= 15 is 0 Å². The Kier molecular flexibility index (Phi) is 5.11. The maximum Gasteiger partial charge on any atom is 0.154 e. The van der Waals surface area contributed by atoms with Crippen LogP contribution in [0.1, 0.15) is 51.2 Å². The van der Waals surface area contributed by atoms with E-state index in [1.807, 2.05) is 13.1 Å². The third kappa shape index (κ3) is 4.53. The van der Waals surface area contributed by atoms with Crippen LogP contribution in [-0.4, -0.2) is 28.7 Å². The van der Waals surface area contributed by atoms with Crippen molar-refractivity contribution in [3.05, 3.63) is 23.3 Å². The van der Waals surface area contributed by atoms with E-state index in [9.17, 15) is 0 Å². The normalized spacial score (nSPS) is 18.9. The van der Waals surface area contributed by atoms with Crippen LogP contribution in [0.25, 0.3) is 0 Å². The van der Waals surface area contributed by atoms with Crippen molar-refractivity contribution in [1.29, 1.82) is 0 Å². The maximum absolute atomic E-state index is 5.37. The van der Waals surface area contributed by atoms with Gasteiger partial charge in [-0.3, -0.25) is 0 Å². The molecule has 4 heteroatoms. The minimum Gasteiger partial charge on any atom is -0.374 e. The highest BCUT2D eigenvalue weighted by Gasteiger charge is 2.22. The van der Waals surface area contributed by atoms with Gasteiger partial charge in [0.05, 0.1) is 0 Å². The number of hydrogen-bond donors (Lipinski definition) is 1. The Balaban J connectivity index is 1.93. The van der Waals surface area contributed by atoms with Gasteiger partial charge in [0.15, 0.2) is 5.82 Å². The molecule has 0 radical (unpaired) electrons. The summed E-state index contributed by atoms with van der Waals surface area (Å²) < 4.78 is 5.37. The smallest absolute Gasteiger partial charge is 0.154 e. The van der Waals surface area contributed by atoms with Gasteiger partial charge in [0.25, 0.3) is 0 Å². The van der Waals surface area contributed by atoms with Crippen molar-refractivity contribution in [2.45, 2.75) is 59.1 Å². The van der Waals surface area contributed by atoms with Crippen molar-refractivity contribution in [2.75, 3.05) is 13.2 Å². The molecule has 20 heavy (non-hydrogen) atoms. The lowest BCUT2D eigenvalue weighted by molar-refractivity contribution is 0.128. The summed E-state index contributed by atoms with van der Waals surface area (Å²) in [4.78, 5) is 9.05. The number of nitrogens with one attached hydrogen (secondary N) is 1. The molecule has 1 N–H and O–H groups in total. The minimum atomic E-state index is 0.193. The van der Waals surface area contributed by atoms with Crippen LogP contribution in [0.15, 0.2) is 6.20 Å². The van der Waals surface area contributed by atoms with E-state index < -0.39 is 0 Å². The summed E-state index contributed by atoms with van der Waals surface area (Å²) in [6, 6.07) is 0. The minimum absolute atomic E-state index is 0.193. The number of aryl methyl sites for hydroxylation is 1. The zero-order valence-corrected chi connectivity index (χ0v) is 13.2. The lowest BCUT2D eigenvalue weighted by atomic mass is 9.87. The third-order valence-corrected chi connectivity index (χ3v) is 3.66. The van der Waals surface area contributed by atoms with Crippen molar-refractivity contribution in [3.8, 4) is 0 Å². The van der Waals surface area contributed by atoms with Crippen LogP contribution >= 0.6 is 0 Å². The number of hydrogen-bond acceptors (Lipinski definition) is 4. The Bertz CT molecular complexity index is 440. The second-order valence-electron chi connectivity index (χ2n) is 6.64. The van der Waals surface area contributed by atoms with Gasteiger partial charge in [-0.2, -0.15) is 0 Å². The Morgan fingerprint density at radius 1 is 1.40 bits per heavy atom. The van der Waals surface area contributed by atoms with Crippen molar-refractivity contribution >= 4 is 0 Å². The summed E-state index contributed by atoms with van der Waals surface area (Å²) in [6.45, 7) is 10.9. The van der Waals surface area contributed by atoms with E-state index in [2.05, 4.69) is 36.1 Å². The monoisotopic (exact) mass is 277 g/mol. The van der Waals surface area contributed by atoms with Gasteiger partial charge in [-0.15, -0.1) is 0 Å². The topological polar surface area (TPSA) is 47.0 Å². The zero-order chi connectivity index (χ0) is 14.6. The van der Waals surface area contributed by atoms with E-state index in [0.29, 0.717) is 19.1 Å². The molecule has 112 valence electrons. The molecule has 0 bridgehead atoms. The summed E-state index contributed by atoms with van der Waals surface area (Å²) >= 11 is 0. The largest absolute Gasteiger partial charge is 0.374 e. The summed E-state index contributed by atoms with van der Waals surface area (Å²) in [7, 11) is 0. The van der Waals surface area contributed by atoms with Gasteiger partial charge >= 0.3 is 0 Å². The average molecular weight is 277 g/mol. The molecule has 2 rings (SSSR count). The zero-order valence-electron chi connectivity index (χ0n) is 13.2. The molecule has 0 aromatic carbocycles. The fraction of sp³-hybridized carbons (Fsp3) is 0.750. The van der Waals surface area contributed by atoms with Gasteiger partial charge in [-0.1, -0.05) is 0 Å². The standard InChI is InChI=1S/C16H27N3O/c1-5-20-11-15-17-10-13-8-12(6-7-14(13)19-15)9-18-16(2,3)4/h10,12,18H,5-9,11H2,1-4H3. The van der Waals surface area contributed by atoms with E-state index in [0.717, 1.165) is 25.2 Å². The molecule has 0 saturated carbocycles. The maximum atomic E-state index is 5.37. The van der Waals surface area contributed by atoms with Gasteiger partial charge in [0.1, 0.15) is 6.61 Å². The lowest BCUT2D eigenvalue weighted by Gasteiger charge is -2.28. The summed E-state index contributed by atoms with van der Waals surface area (Å²) in [5.74, 6) is 1.51. The van der Waals surface area contributed by atoms with Crippen LogP contribution in [0, 0.1) is 5.92 Å². The molecule has 0 spiro atoms. The van der Waals surface area contributed by atoms with Crippen LogP contribution in [0.2, 0.25) is 0 Å². The highest BCUT2D eigenvalue weighted by Crippen LogP contribution is 2.24. The van der Waals surface area contributed by atoms with Crippen LogP contribution in [0.5, 0.6) is 0 Å². The summed E-state index contributed by atoms with van der Waals surface area (Å²) in [5.41, 5.74) is 2.73. The number of nitrogens with zero attached hydrogens (tertiary/aromatic N) is 2. The summed E-state index contributed by atoms with van der Waals surface area (Å²) in [6.07, 6.45) is 5.36. The first-order chi connectivity index (χ1) is 9.48. The quantitative estimate of drug-likeness (QED) is 0.898. The second kappa shape index (κ2) is 6.64. The molecule has 0 aliphatic heterocycles. The number of rotatable bonds is 5. The van der Waals surface area contributed by atoms with Crippen LogP contribution in [0.4, 0.5) is 0 Å². The number of fused-ring (bicyclic) bond motifs is 1. The molecule has 1 aromatic rings. The molecule has 0 amide bonds. The Morgan fingerprint density at radius 2 is 2.20 bits per heavy atom. The molecular formula is C16H27N3O. The average Bonchev–Trinajstić information content (AvgIpc) is 2.41. The predicted octanol–water partition coefficient (Wildman–Crippen LogP) is 2.51. The van der Waals surface area contributed by atoms with Crippen molar-refractivity contribution in [1.82, 2.24) is 15.3 Å². The van der Waals surface area contributed by atoms with E-state index in [1.165, 1.54) is 17.7 Å². The molecule has 1 aliphatic carbocycles. The predicted molar refractivity (Wildman–Crippen MR) is 80.6 cm³/mol. The second-order valence-corrected chi connectivity index (χ2v) is 6.64. The first kappa shape index (κ1) is 15.4. The van der Waals surface area contributed by atoms with Crippen LogP contribution in [0.3, 0.4) is 0 Å². The molecule has 1 unspecified atom stereocenters. The van der Waals surface area contributed by atoms with E-state index in [4.69, 9.17) is 4.74 Å². The van der Waals surface area contributed by atoms with Gasteiger partial charge < -0.3 is 10.1 Å². The van der Waals surface area contributed by atoms with Gasteiger partial charge in [0.2, 0.25) is 0 Å². The molecule has 1 aromatic heterocycles. The van der Waals surface area contributed by atoms with E-state index in [1.54, 1.807) is 0 Å². The molecular weight excluding hydrogens is 250 g/mol. The van der Waals surface area contributed by atoms with Crippen LogP contribution in [-0.2, 0) is 24.2 Å². The van der Waals surface area contributed by atoms with E-state index in [-0.39, 0.29) is 5.54 Å². The molecule has 0 fully saturated rings. The molecule has 1 aliphatic rings. The van der Waals surface area contributed by atoms with Crippen LogP contribution < -0.4 is 5.32 Å². The van der Waals surface area contributed by atoms with Gasteiger partial charge in [-0.25, -0.2) is 9.97 Å². The Hall–Kier alpha value is -1.00. The molecule has 0 saturated heterocycles. The first-order valence-electron chi connectivity index (χ1n) is 7.64. The van der Waals surface area contributed by atoms with Gasteiger partial charge in [0, 0.05) is 24.0 Å². The third-order valence-electron chi connectivity index (χ3n) is 3.66. The Morgan fingerprint density at radius 3 is 2.90 bits per heavy atom. The lowest BCUT2D eigenvalue weighted by Crippen LogP contribution is -2.40. The molecule has 4 nitrogen and oxygen atoms in total. The summed E-state index contributed by atoms with van der Waals surface area (Å²) in [5, 5.41) is 3.60. The molecule has 1 heterocycles. The Labute approximate surface area is 122 Å². The highest BCUT2D eigenvalue weighted by molar-refractivity contribution is 5.21.